The normalized spacial score (nSPS) is 29.4. The van der Waals surface area contributed by atoms with Crippen LogP contribution in [0.1, 0.15) is 12.8 Å². The minimum Gasteiger partial charge on any atom is -0.466 e. The van der Waals surface area contributed by atoms with Gasteiger partial charge in [0.25, 0.3) is 0 Å². The van der Waals surface area contributed by atoms with Gasteiger partial charge in [0.15, 0.2) is 0 Å². The maximum Gasteiger partial charge on any atom is 0.333 e. The minimum absolute atomic E-state index is 0.405. The van der Waals surface area contributed by atoms with Crippen molar-refractivity contribution in [2.24, 2.45) is 0 Å². The molecule has 0 saturated heterocycles. The summed E-state index contributed by atoms with van der Waals surface area (Å²) >= 11 is 0. The largest absolute Gasteiger partial charge is 0.466 e. The van der Waals surface area contributed by atoms with E-state index in [4.69, 9.17) is 10.2 Å². The Kier molecular flexibility index (Phi) is 2.83. The van der Waals surface area contributed by atoms with Crippen LogP contribution in [-0.2, 0) is 9.53 Å². The second-order valence-electron chi connectivity index (χ2n) is 2.78. The van der Waals surface area contributed by atoms with Gasteiger partial charge in [0.05, 0.1) is 19.3 Å². The van der Waals surface area contributed by atoms with Gasteiger partial charge < -0.3 is 14.9 Å². The van der Waals surface area contributed by atoms with E-state index in [9.17, 15) is 4.79 Å². The first-order chi connectivity index (χ1) is 5.65. The molecular weight excluding hydrogens is 160 g/mol. The van der Waals surface area contributed by atoms with Gasteiger partial charge >= 0.3 is 5.97 Å². The predicted octanol–water partition coefficient (Wildman–Crippen LogP) is -0.399. The maximum atomic E-state index is 10.9. The van der Waals surface area contributed by atoms with E-state index in [1.807, 2.05) is 0 Å². The zero-order chi connectivity index (χ0) is 9.14. The van der Waals surface area contributed by atoms with Crippen molar-refractivity contribution in [1.82, 2.24) is 0 Å². The van der Waals surface area contributed by atoms with Crippen molar-refractivity contribution in [1.29, 1.82) is 0 Å². The summed E-state index contributed by atoms with van der Waals surface area (Å²) in [6, 6.07) is 0. The number of esters is 1. The molecule has 0 bridgehead atoms. The number of carbonyl (C=O) groups is 1. The number of aliphatic hydroxyl groups excluding tert-OH is 2. The highest BCUT2D eigenvalue weighted by Crippen LogP contribution is 2.19. The molecule has 0 aromatic heterocycles. The van der Waals surface area contributed by atoms with E-state index < -0.39 is 18.2 Å². The second-order valence-corrected chi connectivity index (χ2v) is 2.78. The molecule has 4 nitrogen and oxygen atoms in total. The van der Waals surface area contributed by atoms with Crippen LogP contribution >= 0.6 is 0 Å². The van der Waals surface area contributed by atoms with Crippen molar-refractivity contribution in [3.63, 3.8) is 0 Å². The van der Waals surface area contributed by atoms with E-state index in [0.29, 0.717) is 18.4 Å². The van der Waals surface area contributed by atoms with Gasteiger partial charge in [-0.15, -0.1) is 0 Å². The van der Waals surface area contributed by atoms with Gasteiger partial charge in [-0.2, -0.15) is 0 Å². The predicted molar refractivity (Wildman–Crippen MR) is 41.3 cm³/mol. The fourth-order valence-electron chi connectivity index (χ4n) is 1.18. The summed E-state index contributed by atoms with van der Waals surface area (Å²) in [6.07, 6.45) is 0.527. The maximum absolute atomic E-state index is 10.9. The molecule has 0 amide bonds. The fourth-order valence-corrected chi connectivity index (χ4v) is 1.18. The molecule has 0 fully saturated rings. The Labute approximate surface area is 70.5 Å². The number of aliphatic hydroxyl groups is 2. The average Bonchev–Trinajstić information content (AvgIpc) is 2.08. The monoisotopic (exact) mass is 172 g/mol. The van der Waals surface area contributed by atoms with E-state index in [2.05, 4.69) is 4.74 Å². The highest BCUT2D eigenvalue weighted by Gasteiger charge is 2.23. The summed E-state index contributed by atoms with van der Waals surface area (Å²) < 4.78 is 4.47. The van der Waals surface area contributed by atoms with E-state index in [-0.39, 0.29) is 0 Å². The van der Waals surface area contributed by atoms with Crippen LogP contribution in [-0.4, -0.2) is 35.5 Å². The number of ether oxygens (including phenoxy) is 1. The van der Waals surface area contributed by atoms with Crippen LogP contribution in [0.5, 0.6) is 0 Å². The molecule has 1 aliphatic rings. The average molecular weight is 172 g/mol. The Morgan fingerprint density at radius 1 is 1.67 bits per heavy atom. The van der Waals surface area contributed by atoms with Gasteiger partial charge in [-0.25, -0.2) is 4.79 Å². The van der Waals surface area contributed by atoms with Gasteiger partial charge in [0.1, 0.15) is 0 Å². The lowest BCUT2D eigenvalue weighted by atomic mass is 9.95. The molecule has 2 N–H and O–H groups in total. The Bertz CT molecular complexity index is 209. The van der Waals surface area contributed by atoms with Gasteiger partial charge in [-0.1, -0.05) is 0 Å². The topological polar surface area (TPSA) is 66.8 Å². The standard InChI is InChI=1S/C8H12O4/c1-12-8(11)5-2-3-6(9)7(10)4-5/h4,6-7,9-10H,2-3H2,1H3/t6-,7+/m0/s1. The molecule has 0 spiro atoms. The summed E-state index contributed by atoms with van der Waals surface area (Å²) in [5.74, 6) is -0.430. The van der Waals surface area contributed by atoms with E-state index in [0.717, 1.165) is 0 Å². The molecule has 2 atom stereocenters. The molecule has 0 radical (unpaired) electrons. The second kappa shape index (κ2) is 3.69. The SMILES string of the molecule is COC(=O)C1=C[C@@H](O)[C@@H](O)CC1. The smallest absolute Gasteiger partial charge is 0.333 e. The van der Waals surface area contributed by atoms with E-state index >= 15 is 0 Å². The lowest BCUT2D eigenvalue weighted by molar-refractivity contribution is -0.136. The van der Waals surface area contributed by atoms with Gasteiger partial charge in [-0.05, 0) is 18.9 Å². The Hall–Kier alpha value is -0.870. The van der Waals surface area contributed by atoms with Crippen molar-refractivity contribution >= 4 is 5.97 Å². The molecule has 12 heavy (non-hydrogen) atoms. The quantitative estimate of drug-likeness (QED) is 0.528. The first-order valence-corrected chi connectivity index (χ1v) is 3.80. The molecule has 0 aromatic carbocycles. The molecule has 68 valence electrons. The van der Waals surface area contributed by atoms with Gasteiger partial charge in [0, 0.05) is 5.57 Å². The fraction of sp³-hybridized carbons (Fsp3) is 0.625. The zero-order valence-corrected chi connectivity index (χ0v) is 6.86. The van der Waals surface area contributed by atoms with Crippen LogP contribution in [0.4, 0.5) is 0 Å². The third-order valence-electron chi connectivity index (χ3n) is 1.92. The lowest BCUT2D eigenvalue weighted by Gasteiger charge is -2.20. The van der Waals surface area contributed by atoms with Crippen LogP contribution < -0.4 is 0 Å². The third-order valence-corrected chi connectivity index (χ3v) is 1.92. The molecule has 1 rings (SSSR count). The Morgan fingerprint density at radius 2 is 2.33 bits per heavy atom. The molecule has 4 heteroatoms. The van der Waals surface area contributed by atoms with Crippen molar-refractivity contribution in [3.05, 3.63) is 11.6 Å². The summed E-state index contributed by atoms with van der Waals surface area (Å²) in [7, 11) is 1.29. The lowest BCUT2D eigenvalue weighted by Crippen LogP contribution is -2.29. The highest BCUT2D eigenvalue weighted by molar-refractivity contribution is 5.88. The van der Waals surface area contributed by atoms with Crippen LogP contribution in [0.25, 0.3) is 0 Å². The number of hydrogen-bond donors (Lipinski definition) is 2. The molecule has 0 aliphatic heterocycles. The molecule has 0 saturated carbocycles. The highest BCUT2D eigenvalue weighted by atomic mass is 16.5. The summed E-state index contributed by atoms with van der Waals surface area (Å²) in [5.41, 5.74) is 0.440. The van der Waals surface area contributed by atoms with Crippen LogP contribution in [0.3, 0.4) is 0 Å². The van der Waals surface area contributed by atoms with Crippen molar-refractivity contribution in [2.45, 2.75) is 25.0 Å². The Morgan fingerprint density at radius 3 is 2.83 bits per heavy atom. The van der Waals surface area contributed by atoms with Crippen LogP contribution in [0, 0.1) is 0 Å². The first kappa shape index (κ1) is 9.22. The summed E-state index contributed by atoms with van der Waals surface area (Å²) in [5, 5.41) is 18.3. The zero-order valence-electron chi connectivity index (χ0n) is 6.86. The van der Waals surface area contributed by atoms with Gasteiger partial charge in [-0.3, -0.25) is 0 Å². The number of carbonyl (C=O) groups excluding carboxylic acids is 1. The molecular formula is C8H12O4. The van der Waals surface area contributed by atoms with E-state index in [1.165, 1.54) is 13.2 Å². The first-order valence-electron chi connectivity index (χ1n) is 3.80. The molecule has 0 unspecified atom stereocenters. The third kappa shape index (κ3) is 1.84. The van der Waals surface area contributed by atoms with Crippen LogP contribution in [0.2, 0.25) is 0 Å². The van der Waals surface area contributed by atoms with Gasteiger partial charge in [0.2, 0.25) is 0 Å². The minimum atomic E-state index is -0.937. The molecule has 1 aliphatic carbocycles. The number of methoxy groups -OCH3 is 1. The molecule has 0 aromatic rings. The van der Waals surface area contributed by atoms with Crippen molar-refractivity contribution in [2.75, 3.05) is 7.11 Å². The summed E-state index contributed by atoms with van der Waals surface area (Å²) in [6.45, 7) is 0. The summed E-state index contributed by atoms with van der Waals surface area (Å²) in [4.78, 5) is 10.9. The molecule has 0 heterocycles. The van der Waals surface area contributed by atoms with Crippen molar-refractivity contribution < 1.29 is 19.7 Å². The number of rotatable bonds is 1. The van der Waals surface area contributed by atoms with Crippen LogP contribution in [0.15, 0.2) is 11.6 Å². The Balaban J connectivity index is 2.68. The van der Waals surface area contributed by atoms with Crippen molar-refractivity contribution in [3.8, 4) is 0 Å². The number of hydrogen-bond acceptors (Lipinski definition) is 4. The van der Waals surface area contributed by atoms with E-state index in [1.54, 1.807) is 0 Å².